The van der Waals surface area contributed by atoms with E-state index in [4.69, 9.17) is 4.74 Å². The van der Waals surface area contributed by atoms with Crippen LogP contribution in [0, 0.1) is 28.6 Å². The molecule has 4 aliphatic rings. The van der Waals surface area contributed by atoms with Gasteiger partial charge in [-0.2, -0.15) is 0 Å². The number of rotatable bonds is 7. The number of aliphatic hydroxyl groups excluding tert-OH is 1. The number of anilines is 1. The highest BCUT2D eigenvalue weighted by Crippen LogP contribution is 2.68. The number of thiophene rings is 1. The van der Waals surface area contributed by atoms with E-state index in [1.54, 1.807) is 6.92 Å². The quantitative estimate of drug-likeness (QED) is 0.153. The summed E-state index contributed by atoms with van der Waals surface area (Å²) >= 11 is 1.39. The normalized spacial score (nSPS) is 33.5. The number of nitrogens with one attached hydrogen (secondary N) is 1. The minimum atomic E-state index is -0.573. The van der Waals surface area contributed by atoms with E-state index in [2.05, 4.69) is 30.6 Å². The Hall–Kier alpha value is -2.77. The summed E-state index contributed by atoms with van der Waals surface area (Å²) < 4.78 is 4.97. The summed E-state index contributed by atoms with van der Waals surface area (Å²) in [5.41, 5.74) is 3.96. The highest BCUT2D eigenvalue weighted by Gasteiger charge is 2.59. The van der Waals surface area contributed by atoms with Gasteiger partial charge in [0.05, 0.1) is 18.3 Å². The molecule has 0 spiro atoms. The van der Waals surface area contributed by atoms with Gasteiger partial charge in [-0.15, -0.1) is 11.3 Å². The van der Waals surface area contributed by atoms with Gasteiger partial charge in [0.25, 0.3) is 0 Å². The minimum Gasteiger partial charge on any atom is -0.466 e. The first-order valence-electron chi connectivity index (χ1n) is 15.7. The molecular weight excluding hydrogens is 546 g/mol. The summed E-state index contributed by atoms with van der Waals surface area (Å²) in [5, 5.41) is 15.9. The lowest BCUT2D eigenvalue weighted by Crippen LogP contribution is -2.50. The van der Waals surface area contributed by atoms with Crippen molar-refractivity contribution in [3.63, 3.8) is 0 Å². The number of ether oxygens (including phenoxy) is 1. The van der Waals surface area contributed by atoms with Gasteiger partial charge in [0.2, 0.25) is 5.91 Å². The summed E-state index contributed by atoms with van der Waals surface area (Å²) in [5.74, 6) is 0.944. The largest absolute Gasteiger partial charge is 0.466 e. The molecule has 7 atom stereocenters. The average molecular weight is 590 g/mol. The fraction of sp³-hybridized carbons (Fsp3) is 0.571. The molecule has 1 aromatic carbocycles. The molecule has 42 heavy (non-hydrogen) atoms. The van der Waals surface area contributed by atoms with Crippen LogP contribution in [-0.4, -0.2) is 35.5 Å². The van der Waals surface area contributed by atoms with Crippen LogP contribution >= 0.6 is 11.3 Å². The fourth-order valence-electron chi connectivity index (χ4n) is 9.35. The Morgan fingerprint density at radius 2 is 1.83 bits per heavy atom. The summed E-state index contributed by atoms with van der Waals surface area (Å²) in [6.07, 6.45) is 10.2. The maximum absolute atomic E-state index is 14.1. The Kier molecular flexibility index (Phi) is 7.94. The minimum absolute atomic E-state index is 0.0655. The van der Waals surface area contributed by atoms with Crippen LogP contribution in [0.1, 0.15) is 106 Å². The van der Waals surface area contributed by atoms with Crippen LogP contribution in [0.5, 0.6) is 0 Å². The maximum atomic E-state index is 14.1. The van der Waals surface area contributed by atoms with Gasteiger partial charge in [0.15, 0.2) is 5.78 Å². The number of carbonyl (C=O) groups excluding carboxylic acids is 3. The zero-order valence-corrected chi connectivity index (χ0v) is 25.8. The molecule has 0 radical (unpaired) electrons. The first-order valence-corrected chi connectivity index (χ1v) is 16.6. The number of fused-ring (bicyclic) bond motifs is 5. The lowest BCUT2D eigenvalue weighted by molar-refractivity contribution is -0.145. The van der Waals surface area contributed by atoms with Gasteiger partial charge in [0, 0.05) is 5.56 Å². The molecular formula is C35H43NO5S. The van der Waals surface area contributed by atoms with E-state index in [0.29, 0.717) is 33.9 Å². The second kappa shape index (κ2) is 11.4. The van der Waals surface area contributed by atoms with Crippen LogP contribution in [0.15, 0.2) is 47.4 Å². The standard InChI is InChI=1S/C35H43NO5S/c1-4-41-30(39)19-29(38)36-33-31(32(40)21-8-6-5-7-9-21)25(20-42-33)27-13-12-26-24-11-10-22-18-23(37)14-16-34(22,2)28(24)15-17-35(26,27)3/h5-10,20,23-24,26-28,37H,4,11-19H2,1-3H3,(H,36,38)/t23-,24-,26-,27+,28-,34-,35-/m0/s1. The van der Waals surface area contributed by atoms with Crippen molar-refractivity contribution in [3.8, 4) is 0 Å². The second-order valence-corrected chi connectivity index (χ2v) is 14.3. The van der Waals surface area contributed by atoms with E-state index in [9.17, 15) is 19.5 Å². The smallest absolute Gasteiger partial charge is 0.315 e. The number of ketones is 1. The van der Waals surface area contributed by atoms with Gasteiger partial charge in [-0.05, 0) is 104 Å². The molecule has 3 fully saturated rings. The van der Waals surface area contributed by atoms with Gasteiger partial charge in [0.1, 0.15) is 11.4 Å². The van der Waals surface area contributed by atoms with Crippen LogP contribution in [0.2, 0.25) is 0 Å². The number of carbonyl (C=O) groups is 3. The number of allylic oxidation sites excluding steroid dienone is 1. The molecule has 0 unspecified atom stereocenters. The number of esters is 1. The maximum Gasteiger partial charge on any atom is 0.315 e. The van der Waals surface area contributed by atoms with Crippen molar-refractivity contribution < 1.29 is 24.2 Å². The van der Waals surface area contributed by atoms with Gasteiger partial charge < -0.3 is 15.2 Å². The average Bonchev–Trinajstić information content (AvgIpc) is 3.53. The van der Waals surface area contributed by atoms with Crippen LogP contribution in [-0.2, 0) is 14.3 Å². The van der Waals surface area contributed by atoms with E-state index >= 15 is 0 Å². The molecule has 224 valence electrons. The SMILES string of the molecule is CCOC(=O)CC(=O)Nc1scc([C@H]2CC[C@H]3[C@@H]4CC=C5C[C@@H](O)CC[C@]5(C)[C@H]4CC[C@]23C)c1C(=O)c1ccccc1. The van der Waals surface area contributed by atoms with Crippen LogP contribution < -0.4 is 5.32 Å². The van der Waals surface area contributed by atoms with Crippen molar-refractivity contribution >= 4 is 34.0 Å². The van der Waals surface area contributed by atoms with Crippen LogP contribution in [0.25, 0.3) is 0 Å². The molecule has 2 N–H and O–H groups in total. The zero-order chi connectivity index (χ0) is 29.6. The number of hydrogen-bond acceptors (Lipinski definition) is 6. The summed E-state index contributed by atoms with van der Waals surface area (Å²) in [6.45, 7) is 6.83. The third kappa shape index (κ3) is 4.96. The number of hydrogen-bond donors (Lipinski definition) is 2. The van der Waals surface area contributed by atoms with Crippen LogP contribution in [0.4, 0.5) is 5.00 Å². The number of benzene rings is 1. The van der Waals surface area contributed by atoms with Gasteiger partial charge in [-0.1, -0.05) is 55.8 Å². The Morgan fingerprint density at radius 3 is 2.60 bits per heavy atom. The Morgan fingerprint density at radius 1 is 1.05 bits per heavy atom. The van der Waals surface area contributed by atoms with Crippen LogP contribution in [0.3, 0.4) is 0 Å². The first-order chi connectivity index (χ1) is 20.2. The van der Waals surface area contributed by atoms with Crippen molar-refractivity contribution in [1.29, 1.82) is 0 Å². The predicted octanol–water partition coefficient (Wildman–Crippen LogP) is 7.28. The third-order valence-electron chi connectivity index (χ3n) is 11.4. The monoisotopic (exact) mass is 589 g/mol. The third-order valence-corrected chi connectivity index (χ3v) is 12.3. The molecule has 1 aromatic heterocycles. The molecule has 1 amide bonds. The van der Waals surface area contributed by atoms with Crippen molar-refractivity contribution in [2.45, 2.75) is 90.6 Å². The highest BCUT2D eigenvalue weighted by molar-refractivity contribution is 7.15. The lowest BCUT2D eigenvalue weighted by Gasteiger charge is -2.58. The lowest BCUT2D eigenvalue weighted by atomic mass is 9.47. The molecule has 4 aliphatic carbocycles. The summed E-state index contributed by atoms with van der Waals surface area (Å²) in [4.78, 5) is 38.9. The van der Waals surface area contributed by atoms with E-state index in [-0.39, 0.29) is 41.7 Å². The molecule has 3 saturated carbocycles. The van der Waals surface area contributed by atoms with Gasteiger partial charge in [-0.3, -0.25) is 14.4 Å². The van der Waals surface area contributed by atoms with E-state index in [1.165, 1.54) is 23.3 Å². The van der Waals surface area contributed by atoms with E-state index in [1.807, 2.05) is 30.3 Å². The van der Waals surface area contributed by atoms with Gasteiger partial charge in [-0.25, -0.2) is 0 Å². The molecule has 0 saturated heterocycles. The fourth-order valence-corrected chi connectivity index (χ4v) is 10.4. The number of amides is 1. The molecule has 7 heteroatoms. The van der Waals surface area contributed by atoms with Gasteiger partial charge >= 0.3 is 5.97 Å². The summed E-state index contributed by atoms with van der Waals surface area (Å²) in [6, 6.07) is 9.27. The molecule has 6 rings (SSSR count). The topological polar surface area (TPSA) is 92.7 Å². The number of aliphatic hydroxyl groups is 1. The molecule has 1 heterocycles. The zero-order valence-electron chi connectivity index (χ0n) is 25.0. The molecule has 2 aromatic rings. The predicted molar refractivity (Wildman–Crippen MR) is 165 cm³/mol. The van der Waals surface area contributed by atoms with Crippen molar-refractivity contribution in [2.24, 2.45) is 28.6 Å². The van der Waals surface area contributed by atoms with Crippen molar-refractivity contribution in [3.05, 3.63) is 64.1 Å². The van der Waals surface area contributed by atoms with E-state index < -0.39 is 11.9 Å². The van der Waals surface area contributed by atoms with E-state index in [0.717, 1.165) is 50.5 Å². The molecule has 0 bridgehead atoms. The molecule has 6 nitrogen and oxygen atoms in total. The second-order valence-electron chi connectivity index (χ2n) is 13.5. The Bertz CT molecular complexity index is 1400. The highest BCUT2D eigenvalue weighted by atomic mass is 32.1. The van der Waals surface area contributed by atoms with Crippen molar-refractivity contribution in [2.75, 3.05) is 11.9 Å². The Labute approximate surface area is 252 Å². The Balaban J connectivity index is 1.32. The molecule has 0 aliphatic heterocycles. The summed E-state index contributed by atoms with van der Waals surface area (Å²) in [7, 11) is 0. The van der Waals surface area contributed by atoms with Crippen molar-refractivity contribution in [1.82, 2.24) is 0 Å². The first kappa shape index (κ1) is 29.3.